The molecule has 6 heteroatoms. The van der Waals surface area contributed by atoms with E-state index in [2.05, 4.69) is 15.4 Å². The van der Waals surface area contributed by atoms with Crippen LogP contribution in [-0.4, -0.2) is 20.7 Å². The molecule has 2 heterocycles. The SMILES string of the molecule is Cc1ccc(NC(=O)c2cc3c(C)nn(C)c3nc2C)cc1Cl. The van der Waals surface area contributed by atoms with Gasteiger partial charge in [-0.15, -0.1) is 0 Å². The highest BCUT2D eigenvalue weighted by atomic mass is 35.5. The smallest absolute Gasteiger partial charge is 0.257 e. The van der Waals surface area contributed by atoms with Gasteiger partial charge in [-0.25, -0.2) is 4.98 Å². The van der Waals surface area contributed by atoms with Gasteiger partial charge in [0.2, 0.25) is 0 Å². The third kappa shape index (κ3) is 2.80. The molecule has 1 aromatic carbocycles. The Morgan fingerprint density at radius 2 is 1.91 bits per heavy atom. The first kappa shape index (κ1) is 15.5. The van der Waals surface area contributed by atoms with E-state index in [0.717, 1.165) is 22.3 Å². The first-order valence-corrected chi connectivity index (χ1v) is 7.63. The second-order valence-electron chi connectivity index (χ2n) is 5.62. The first-order chi connectivity index (χ1) is 10.9. The summed E-state index contributed by atoms with van der Waals surface area (Å²) in [5.74, 6) is -0.208. The van der Waals surface area contributed by atoms with Crippen molar-refractivity contribution >= 4 is 34.2 Å². The lowest BCUT2D eigenvalue weighted by molar-refractivity contribution is 0.102. The molecule has 0 aliphatic carbocycles. The van der Waals surface area contributed by atoms with Crippen molar-refractivity contribution in [3.05, 3.63) is 51.8 Å². The zero-order chi connectivity index (χ0) is 16.7. The molecule has 0 aliphatic heterocycles. The summed E-state index contributed by atoms with van der Waals surface area (Å²) in [4.78, 5) is 17.1. The van der Waals surface area contributed by atoms with E-state index in [4.69, 9.17) is 11.6 Å². The van der Waals surface area contributed by atoms with Gasteiger partial charge in [-0.05, 0) is 44.5 Å². The highest BCUT2D eigenvalue weighted by Gasteiger charge is 2.15. The van der Waals surface area contributed by atoms with Crippen LogP contribution in [0.5, 0.6) is 0 Å². The van der Waals surface area contributed by atoms with Crippen molar-refractivity contribution in [3.8, 4) is 0 Å². The number of nitrogens with one attached hydrogen (secondary N) is 1. The number of fused-ring (bicyclic) bond motifs is 1. The largest absolute Gasteiger partial charge is 0.322 e. The number of halogens is 1. The summed E-state index contributed by atoms with van der Waals surface area (Å²) >= 11 is 6.10. The van der Waals surface area contributed by atoms with E-state index in [1.54, 1.807) is 10.7 Å². The summed E-state index contributed by atoms with van der Waals surface area (Å²) in [6.45, 7) is 5.64. The summed E-state index contributed by atoms with van der Waals surface area (Å²) in [6, 6.07) is 7.28. The zero-order valence-corrected chi connectivity index (χ0v) is 14.2. The van der Waals surface area contributed by atoms with E-state index in [9.17, 15) is 4.79 Å². The number of aryl methyl sites for hydroxylation is 4. The first-order valence-electron chi connectivity index (χ1n) is 7.25. The molecule has 0 spiro atoms. The Morgan fingerprint density at radius 1 is 1.17 bits per heavy atom. The number of nitrogens with zero attached hydrogens (tertiary/aromatic N) is 3. The number of carbonyl (C=O) groups excluding carboxylic acids is 1. The van der Waals surface area contributed by atoms with Gasteiger partial charge in [-0.2, -0.15) is 5.10 Å². The number of amides is 1. The molecule has 5 nitrogen and oxygen atoms in total. The van der Waals surface area contributed by atoms with Gasteiger partial charge in [-0.3, -0.25) is 9.48 Å². The molecule has 0 saturated heterocycles. The second-order valence-corrected chi connectivity index (χ2v) is 6.03. The number of hydrogen-bond donors (Lipinski definition) is 1. The number of rotatable bonds is 2. The van der Waals surface area contributed by atoms with Gasteiger partial charge in [0.15, 0.2) is 5.65 Å². The Balaban J connectivity index is 1.98. The minimum Gasteiger partial charge on any atom is -0.322 e. The van der Waals surface area contributed by atoms with Crippen LogP contribution in [0.25, 0.3) is 11.0 Å². The molecule has 2 aromatic heterocycles. The van der Waals surface area contributed by atoms with E-state index in [0.29, 0.717) is 22.0 Å². The average molecular weight is 329 g/mol. The van der Waals surface area contributed by atoms with Gasteiger partial charge in [-0.1, -0.05) is 17.7 Å². The Kier molecular flexibility index (Phi) is 3.82. The van der Waals surface area contributed by atoms with Crippen LogP contribution in [-0.2, 0) is 7.05 Å². The highest BCUT2D eigenvalue weighted by molar-refractivity contribution is 6.31. The molecule has 0 atom stereocenters. The van der Waals surface area contributed by atoms with E-state index in [1.165, 1.54) is 0 Å². The number of benzene rings is 1. The summed E-state index contributed by atoms with van der Waals surface area (Å²) in [6.07, 6.45) is 0. The molecule has 3 rings (SSSR count). The topological polar surface area (TPSA) is 59.8 Å². The highest BCUT2D eigenvalue weighted by Crippen LogP contribution is 2.23. The van der Waals surface area contributed by atoms with Crippen molar-refractivity contribution in [1.29, 1.82) is 0 Å². The minimum atomic E-state index is -0.208. The number of anilines is 1. The van der Waals surface area contributed by atoms with Crippen LogP contribution >= 0.6 is 11.6 Å². The number of carbonyl (C=O) groups is 1. The minimum absolute atomic E-state index is 0.208. The van der Waals surface area contributed by atoms with Gasteiger partial charge in [0.05, 0.1) is 17.0 Å². The molecule has 0 aliphatic rings. The van der Waals surface area contributed by atoms with Crippen molar-refractivity contribution in [1.82, 2.24) is 14.8 Å². The Bertz CT molecular complexity index is 930. The van der Waals surface area contributed by atoms with Crippen molar-refractivity contribution in [2.75, 3.05) is 5.32 Å². The molecule has 0 unspecified atom stereocenters. The third-order valence-electron chi connectivity index (χ3n) is 3.86. The fourth-order valence-corrected chi connectivity index (χ4v) is 2.71. The maximum absolute atomic E-state index is 12.6. The fraction of sp³-hybridized carbons (Fsp3) is 0.235. The summed E-state index contributed by atoms with van der Waals surface area (Å²) in [7, 11) is 1.84. The maximum atomic E-state index is 12.6. The molecular formula is C17H17ClN4O. The van der Waals surface area contributed by atoms with Crippen LogP contribution in [0.4, 0.5) is 5.69 Å². The summed E-state index contributed by atoms with van der Waals surface area (Å²) < 4.78 is 1.72. The lowest BCUT2D eigenvalue weighted by Crippen LogP contribution is -2.14. The van der Waals surface area contributed by atoms with Crippen LogP contribution in [0.15, 0.2) is 24.3 Å². The van der Waals surface area contributed by atoms with Crippen LogP contribution in [0.3, 0.4) is 0 Å². The van der Waals surface area contributed by atoms with Gasteiger partial charge in [0.25, 0.3) is 5.91 Å². The van der Waals surface area contributed by atoms with Crippen LogP contribution in [0.2, 0.25) is 5.02 Å². The molecule has 0 fully saturated rings. The molecule has 3 aromatic rings. The molecule has 0 radical (unpaired) electrons. The quantitative estimate of drug-likeness (QED) is 0.778. The van der Waals surface area contributed by atoms with Crippen molar-refractivity contribution < 1.29 is 4.79 Å². The molecule has 23 heavy (non-hydrogen) atoms. The van der Waals surface area contributed by atoms with Crippen LogP contribution in [0, 0.1) is 20.8 Å². The average Bonchev–Trinajstić information content (AvgIpc) is 2.76. The van der Waals surface area contributed by atoms with E-state index in [1.807, 2.05) is 46.0 Å². The molecule has 1 amide bonds. The van der Waals surface area contributed by atoms with Crippen LogP contribution in [0.1, 0.15) is 27.3 Å². The number of pyridine rings is 1. The molecular weight excluding hydrogens is 312 g/mol. The predicted molar refractivity (Wildman–Crippen MR) is 92.1 cm³/mol. The monoisotopic (exact) mass is 328 g/mol. The van der Waals surface area contributed by atoms with Crippen molar-refractivity contribution in [2.24, 2.45) is 7.05 Å². The maximum Gasteiger partial charge on any atom is 0.257 e. The molecule has 0 bridgehead atoms. The predicted octanol–water partition coefficient (Wildman–Crippen LogP) is 3.80. The third-order valence-corrected chi connectivity index (χ3v) is 4.27. The van der Waals surface area contributed by atoms with Crippen molar-refractivity contribution in [2.45, 2.75) is 20.8 Å². The van der Waals surface area contributed by atoms with Gasteiger partial charge >= 0.3 is 0 Å². The lowest BCUT2D eigenvalue weighted by atomic mass is 10.1. The van der Waals surface area contributed by atoms with E-state index in [-0.39, 0.29) is 5.91 Å². The fourth-order valence-electron chi connectivity index (χ4n) is 2.53. The number of hydrogen-bond acceptors (Lipinski definition) is 3. The standard InChI is InChI=1S/C17H17ClN4O/c1-9-5-6-12(7-15(9)18)20-17(23)14-8-13-11(3)21-22(4)16(13)19-10(14)2/h5-8H,1-4H3,(H,20,23). The molecule has 0 saturated carbocycles. The second kappa shape index (κ2) is 5.66. The Hall–Kier alpha value is -2.40. The van der Waals surface area contributed by atoms with Crippen LogP contribution < -0.4 is 5.32 Å². The van der Waals surface area contributed by atoms with Gasteiger partial charge in [0.1, 0.15) is 0 Å². The molecule has 1 N–H and O–H groups in total. The van der Waals surface area contributed by atoms with Gasteiger partial charge in [0, 0.05) is 23.1 Å². The van der Waals surface area contributed by atoms with E-state index < -0.39 is 0 Å². The molecule has 118 valence electrons. The normalized spacial score (nSPS) is 11.0. The lowest BCUT2D eigenvalue weighted by Gasteiger charge is -2.09. The summed E-state index contributed by atoms with van der Waals surface area (Å²) in [5, 5.41) is 8.71. The Labute approximate surface area is 139 Å². The zero-order valence-electron chi connectivity index (χ0n) is 13.4. The van der Waals surface area contributed by atoms with E-state index >= 15 is 0 Å². The summed E-state index contributed by atoms with van der Waals surface area (Å²) in [5.41, 5.74) is 4.45. The van der Waals surface area contributed by atoms with Gasteiger partial charge < -0.3 is 5.32 Å². The number of aromatic nitrogens is 3. The Morgan fingerprint density at radius 3 is 2.61 bits per heavy atom. The van der Waals surface area contributed by atoms with Crippen molar-refractivity contribution in [3.63, 3.8) is 0 Å².